The Hall–Kier alpha value is -5.67. The number of likely N-dealkylation sites (N-methyl/N-ethyl adjacent to an activating group) is 1. The molecule has 2 unspecified atom stereocenters. The van der Waals surface area contributed by atoms with Crippen LogP contribution in [-0.2, 0) is 27.3 Å². The second kappa shape index (κ2) is 16.2. The molecule has 3 aliphatic heterocycles. The third-order valence-corrected chi connectivity index (χ3v) is 12.5. The number of alkyl carbamates (subject to hydrolysis) is 1. The van der Waals surface area contributed by atoms with Gasteiger partial charge in [-0.1, -0.05) is 39.0 Å². The molecule has 15 heteroatoms. The number of hydrogen-bond acceptors (Lipinski definition) is 10. The number of ether oxygens (including phenoxy) is 3. The monoisotopic (exact) mass is 806 g/mol. The lowest BCUT2D eigenvalue weighted by molar-refractivity contribution is -0.133. The van der Waals surface area contributed by atoms with E-state index in [2.05, 4.69) is 74.3 Å². The van der Waals surface area contributed by atoms with Crippen LogP contribution in [0.2, 0.25) is 0 Å². The van der Waals surface area contributed by atoms with Crippen LogP contribution in [0.15, 0.2) is 48.7 Å². The summed E-state index contributed by atoms with van der Waals surface area (Å²) < 4.78 is 16.2. The van der Waals surface area contributed by atoms with Crippen LogP contribution in [0.25, 0.3) is 33.1 Å². The average molecular weight is 807 g/mol. The highest BCUT2D eigenvalue weighted by molar-refractivity contribution is 6.05. The topological polar surface area (TPSA) is 178 Å². The zero-order chi connectivity index (χ0) is 41.7. The first-order chi connectivity index (χ1) is 28.3. The fourth-order valence-electron chi connectivity index (χ4n) is 9.51. The predicted octanol–water partition coefficient (Wildman–Crippen LogP) is 6.42. The van der Waals surface area contributed by atoms with Gasteiger partial charge in [0.25, 0.3) is 0 Å². The molecule has 4 N–H and O–H groups in total. The smallest absolute Gasteiger partial charge is 0.409 e. The van der Waals surface area contributed by atoms with Gasteiger partial charge in [0.2, 0.25) is 5.91 Å². The number of amides is 3. The molecule has 0 saturated carbocycles. The number of hydrogen-bond donors (Lipinski definition) is 4. The molecule has 8 rings (SSSR count). The molecule has 15 nitrogen and oxygen atoms in total. The van der Waals surface area contributed by atoms with Crippen molar-refractivity contribution in [2.24, 2.45) is 11.8 Å². The number of likely N-dealkylation sites (tertiary alicyclic amines) is 2. The number of nitrogens with zero attached hydrogens (tertiary/aromatic N) is 5. The molecule has 6 atom stereocenters. The maximum absolute atomic E-state index is 13.1. The summed E-state index contributed by atoms with van der Waals surface area (Å²) in [5.74, 6) is 2.43. The molecule has 0 aliphatic carbocycles. The van der Waals surface area contributed by atoms with Crippen molar-refractivity contribution in [2.75, 3.05) is 34.4 Å². The number of methoxy groups -OCH3 is 2. The van der Waals surface area contributed by atoms with Crippen LogP contribution in [0, 0.1) is 11.8 Å². The standard InChI is InChI=1S/C44H54N8O7/c1-23(2)39(50(5)44(56)58-7)42(54)51-21-24(3)14-35(51)41-47-32-12-11-27-16-29-15-26-9-10-28(17-30(26)22-59-36(29)18-31(27)38(32)49-41)33-19-45-40(48-33)34-13-8-25(4)52(34)37(53)20-46-43(55)57-6/h9-12,16-19,23-25,34-35,39,42,54H,8,13-15,20-22H2,1-7H3,(H,45,48)(H,46,55)(H,47,49)/t24-,25-,34-,35-,39?,42?/m0/s1. The van der Waals surface area contributed by atoms with Gasteiger partial charge in [0.05, 0.1) is 55.3 Å². The highest BCUT2D eigenvalue weighted by Crippen LogP contribution is 2.41. The largest absolute Gasteiger partial charge is 0.489 e. The maximum atomic E-state index is 13.1. The molecule has 0 bridgehead atoms. The van der Waals surface area contributed by atoms with Crippen molar-refractivity contribution in [1.29, 1.82) is 0 Å². The molecule has 2 aromatic heterocycles. The Balaban J connectivity index is 1.02. The molecule has 312 valence electrons. The highest BCUT2D eigenvalue weighted by atomic mass is 16.5. The number of benzene rings is 3. The molecular formula is C44H54N8O7. The van der Waals surface area contributed by atoms with E-state index in [1.165, 1.54) is 24.7 Å². The Bertz CT molecular complexity index is 2390. The maximum Gasteiger partial charge on any atom is 0.409 e. The summed E-state index contributed by atoms with van der Waals surface area (Å²) >= 11 is 0. The molecule has 0 radical (unpaired) electrons. The van der Waals surface area contributed by atoms with Gasteiger partial charge in [-0.2, -0.15) is 0 Å². The van der Waals surface area contributed by atoms with Gasteiger partial charge in [-0.15, -0.1) is 0 Å². The Morgan fingerprint density at radius 2 is 1.81 bits per heavy atom. The van der Waals surface area contributed by atoms with E-state index in [-0.39, 0.29) is 36.5 Å². The molecule has 59 heavy (non-hydrogen) atoms. The minimum absolute atomic E-state index is 0.0145. The lowest BCUT2D eigenvalue weighted by Crippen LogP contribution is -2.54. The third kappa shape index (κ3) is 7.57. The van der Waals surface area contributed by atoms with Crippen molar-refractivity contribution in [3.8, 4) is 17.0 Å². The zero-order valence-corrected chi connectivity index (χ0v) is 34.7. The first-order valence-corrected chi connectivity index (χ1v) is 20.5. The van der Waals surface area contributed by atoms with Crippen LogP contribution in [0.3, 0.4) is 0 Å². The average Bonchev–Trinajstić information content (AvgIpc) is 4.03. The lowest BCUT2D eigenvalue weighted by Gasteiger charge is -2.39. The number of aromatic nitrogens is 4. The second-order valence-corrected chi connectivity index (χ2v) is 16.8. The van der Waals surface area contributed by atoms with Crippen LogP contribution in [0.5, 0.6) is 5.75 Å². The van der Waals surface area contributed by atoms with Gasteiger partial charge < -0.3 is 44.4 Å². The van der Waals surface area contributed by atoms with Crippen molar-refractivity contribution >= 4 is 39.9 Å². The summed E-state index contributed by atoms with van der Waals surface area (Å²) in [5, 5.41) is 16.4. The van der Waals surface area contributed by atoms with Gasteiger partial charge in [0, 0.05) is 31.4 Å². The van der Waals surface area contributed by atoms with Gasteiger partial charge in [-0.25, -0.2) is 19.6 Å². The van der Waals surface area contributed by atoms with Crippen molar-refractivity contribution in [3.63, 3.8) is 0 Å². The van der Waals surface area contributed by atoms with E-state index in [0.29, 0.717) is 31.3 Å². The number of carbonyl (C=O) groups excluding carboxylic acids is 3. The number of aromatic amines is 2. The number of aliphatic hydroxyl groups is 1. The number of H-pyrrole nitrogens is 2. The first kappa shape index (κ1) is 40.1. The lowest BCUT2D eigenvalue weighted by atomic mass is 9.96. The number of carbonyl (C=O) groups is 3. The van der Waals surface area contributed by atoms with Crippen LogP contribution in [0.1, 0.15) is 87.4 Å². The highest BCUT2D eigenvalue weighted by Gasteiger charge is 2.43. The van der Waals surface area contributed by atoms with Crippen molar-refractivity contribution in [2.45, 2.75) is 90.4 Å². The Morgan fingerprint density at radius 1 is 1.00 bits per heavy atom. The Labute approximate surface area is 343 Å². The van der Waals surface area contributed by atoms with Gasteiger partial charge in [0.1, 0.15) is 36.8 Å². The van der Waals surface area contributed by atoms with Crippen molar-refractivity contribution in [3.05, 3.63) is 77.0 Å². The number of fused-ring (bicyclic) bond motifs is 5. The van der Waals surface area contributed by atoms with E-state index in [0.717, 1.165) is 75.0 Å². The molecular weight excluding hydrogens is 753 g/mol. The van der Waals surface area contributed by atoms with Crippen molar-refractivity contribution in [1.82, 2.24) is 40.0 Å². The third-order valence-electron chi connectivity index (χ3n) is 12.5. The Kier molecular flexibility index (Phi) is 11.0. The minimum atomic E-state index is -0.916. The second-order valence-electron chi connectivity index (χ2n) is 16.8. The number of nitrogens with one attached hydrogen (secondary N) is 3. The quantitative estimate of drug-likeness (QED) is 0.130. The van der Waals surface area contributed by atoms with Crippen LogP contribution in [0.4, 0.5) is 9.59 Å². The number of imidazole rings is 2. The molecule has 2 saturated heterocycles. The summed E-state index contributed by atoms with van der Waals surface area (Å²) in [5.41, 5.74) is 6.94. The summed E-state index contributed by atoms with van der Waals surface area (Å²) in [6, 6.07) is 14.0. The van der Waals surface area contributed by atoms with E-state index in [4.69, 9.17) is 19.4 Å². The molecule has 0 spiro atoms. The predicted molar refractivity (Wildman–Crippen MR) is 221 cm³/mol. The first-order valence-electron chi connectivity index (χ1n) is 20.5. The summed E-state index contributed by atoms with van der Waals surface area (Å²) in [4.78, 5) is 59.6. The Morgan fingerprint density at radius 3 is 2.58 bits per heavy atom. The van der Waals surface area contributed by atoms with E-state index < -0.39 is 24.5 Å². The summed E-state index contributed by atoms with van der Waals surface area (Å²) in [6.07, 6.45) is 2.90. The number of aliphatic hydroxyl groups excluding tert-OH is 1. The summed E-state index contributed by atoms with van der Waals surface area (Å²) in [6.45, 7) is 9.11. The van der Waals surface area contributed by atoms with Crippen molar-refractivity contribution < 1.29 is 33.7 Å². The fraction of sp³-hybridized carbons (Fsp3) is 0.477. The minimum Gasteiger partial charge on any atom is -0.489 e. The van der Waals surface area contributed by atoms with E-state index in [9.17, 15) is 19.5 Å². The van der Waals surface area contributed by atoms with Gasteiger partial charge >= 0.3 is 12.2 Å². The number of rotatable bonds is 9. The molecule has 3 aromatic carbocycles. The van der Waals surface area contributed by atoms with E-state index >= 15 is 0 Å². The molecule has 5 aromatic rings. The molecule has 5 heterocycles. The molecule has 2 fully saturated rings. The van der Waals surface area contributed by atoms with Crippen LogP contribution in [-0.4, -0.2) is 111 Å². The van der Waals surface area contributed by atoms with Crippen LogP contribution >= 0.6 is 0 Å². The SMILES string of the molecule is COC(=O)NCC(=O)N1[C@@H](C)CC[C@H]1c1ncc(-c2ccc3c(c2)COc2cc4c(ccc5[nH]c([C@@H]6C[C@H](C)CN6C(O)C(C(C)C)N(C)C(=O)OC)nc54)cc2C3)[nH]1. The van der Waals surface area contributed by atoms with Gasteiger partial charge in [-0.05, 0) is 89.9 Å². The van der Waals surface area contributed by atoms with Gasteiger partial charge in [-0.3, -0.25) is 9.69 Å². The molecule has 3 aliphatic rings. The van der Waals surface area contributed by atoms with E-state index in [1.54, 1.807) is 11.9 Å². The summed E-state index contributed by atoms with van der Waals surface area (Å²) in [7, 11) is 4.30. The fourth-order valence-corrected chi connectivity index (χ4v) is 9.51. The zero-order valence-electron chi connectivity index (χ0n) is 34.7. The van der Waals surface area contributed by atoms with Crippen LogP contribution < -0.4 is 10.1 Å². The van der Waals surface area contributed by atoms with Gasteiger partial charge in [0.15, 0.2) is 0 Å². The molecule has 3 amide bonds. The normalized spacial score (nSPS) is 21.5. The van der Waals surface area contributed by atoms with E-state index in [1.807, 2.05) is 27.0 Å².